The Morgan fingerprint density at radius 3 is 2.03 bits per heavy atom. The predicted octanol–water partition coefficient (Wildman–Crippen LogP) is 6.22. The third-order valence-electron chi connectivity index (χ3n) is 6.35. The number of aryl methyl sites for hydroxylation is 2. The molecule has 0 aliphatic heterocycles. The van der Waals surface area contributed by atoms with Gasteiger partial charge in [-0.05, 0) is 70.1 Å². The van der Waals surface area contributed by atoms with E-state index < -0.39 is 23.8 Å². The first-order valence-corrected chi connectivity index (χ1v) is 14.0. The number of nitrogens with zero attached hydrogens (tertiary/aromatic N) is 1. The monoisotopic (exact) mass is 517 g/mol. The van der Waals surface area contributed by atoms with Crippen LogP contribution in [0.15, 0.2) is 18.2 Å². The summed E-state index contributed by atoms with van der Waals surface area (Å²) in [5.74, 6) is -0.647. The Balaban J connectivity index is 3.50. The SMILES string of the molecule is CCCCCNC(=O)C(c1c(C)cccc1C)N(CCCCC)C(=O)C(NC(=O)OC(C)(C)C)C(C)C. The summed E-state index contributed by atoms with van der Waals surface area (Å²) < 4.78 is 5.45. The van der Waals surface area contributed by atoms with Crippen LogP contribution in [0.4, 0.5) is 4.79 Å². The number of carbonyl (C=O) groups is 3. The first-order chi connectivity index (χ1) is 17.3. The van der Waals surface area contributed by atoms with Gasteiger partial charge < -0.3 is 20.3 Å². The Kier molecular flexibility index (Phi) is 13.7. The highest BCUT2D eigenvalue weighted by Crippen LogP contribution is 2.29. The van der Waals surface area contributed by atoms with Gasteiger partial charge in [-0.3, -0.25) is 9.59 Å². The van der Waals surface area contributed by atoms with Crippen molar-refractivity contribution >= 4 is 17.9 Å². The maximum Gasteiger partial charge on any atom is 0.408 e. The summed E-state index contributed by atoms with van der Waals surface area (Å²) >= 11 is 0. The summed E-state index contributed by atoms with van der Waals surface area (Å²) in [6.07, 6.45) is 5.04. The fourth-order valence-electron chi connectivity index (χ4n) is 4.40. The molecule has 7 heteroatoms. The average Bonchev–Trinajstić information content (AvgIpc) is 2.79. The van der Waals surface area contributed by atoms with Crippen LogP contribution in [0, 0.1) is 19.8 Å². The lowest BCUT2D eigenvalue weighted by atomic mass is 9.92. The zero-order valence-corrected chi connectivity index (χ0v) is 24.7. The van der Waals surface area contributed by atoms with Crippen molar-refractivity contribution in [2.24, 2.45) is 5.92 Å². The number of nitrogens with one attached hydrogen (secondary N) is 2. The van der Waals surface area contributed by atoms with E-state index >= 15 is 0 Å². The number of amides is 3. The van der Waals surface area contributed by atoms with Crippen LogP contribution in [0.5, 0.6) is 0 Å². The van der Waals surface area contributed by atoms with E-state index in [0.717, 1.165) is 55.2 Å². The molecule has 2 atom stereocenters. The van der Waals surface area contributed by atoms with Crippen molar-refractivity contribution in [2.75, 3.05) is 13.1 Å². The van der Waals surface area contributed by atoms with Crippen molar-refractivity contribution < 1.29 is 19.1 Å². The number of rotatable bonds is 14. The highest BCUT2D eigenvalue weighted by molar-refractivity contribution is 5.92. The van der Waals surface area contributed by atoms with Gasteiger partial charge in [0.25, 0.3) is 0 Å². The molecular weight excluding hydrogens is 466 g/mol. The molecule has 0 aliphatic carbocycles. The maximum atomic E-state index is 14.2. The van der Waals surface area contributed by atoms with Gasteiger partial charge in [0.15, 0.2) is 0 Å². The summed E-state index contributed by atoms with van der Waals surface area (Å²) in [6, 6.07) is 4.32. The van der Waals surface area contributed by atoms with Crippen molar-refractivity contribution in [3.63, 3.8) is 0 Å². The lowest BCUT2D eigenvalue weighted by molar-refractivity contribution is -0.143. The van der Waals surface area contributed by atoms with Gasteiger partial charge in [-0.15, -0.1) is 0 Å². The smallest absolute Gasteiger partial charge is 0.408 e. The second-order valence-electron chi connectivity index (χ2n) is 11.3. The minimum atomic E-state index is -0.823. The van der Waals surface area contributed by atoms with Gasteiger partial charge in [-0.1, -0.05) is 71.6 Å². The van der Waals surface area contributed by atoms with Crippen LogP contribution in [0.25, 0.3) is 0 Å². The molecule has 0 heterocycles. The molecule has 1 aromatic rings. The molecule has 0 radical (unpaired) electrons. The molecule has 0 aromatic heterocycles. The molecule has 0 bridgehead atoms. The van der Waals surface area contributed by atoms with Gasteiger partial charge in [0.05, 0.1) is 0 Å². The zero-order valence-electron chi connectivity index (χ0n) is 24.7. The van der Waals surface area contributed by atoms with E-state index in [0.29, 0.717) is 13.1 Å². The van der Waals surface area contributed by atoms with Gasteiger partial charge in [-0.25, -0.2) is 4.79 Å². The third-order valence-corrected chi connectivity index (χ3v) is 6.35. The summed E-state index contributed by atoms with van der Waals surface area (Å²) in [4.78, 5) is 42.3. The molecule has 7 nitrogen and oxygen atoms in total. The van der Waals surface area contributed by atoms with Crippen molar-refractivity contribution in [3.05, 3.63) is 34.9 Å². The molecule has 0 saturated heterocycles. The molecule has 0 spiro atoms. The van der Waals surface area contributed by atoms with Crippen molar-refractivity contribution in [3.8, 4) is 0 Å². The van der Waals surface area contributed by atoms with E-state index in [2.05, 4.69) is 24.5 Å². The van der Waals surface area contributed by atoms with Gasteiger partial charge >= 0.3 is 6.09 Å². The van der Waals surface area contributed by atoms with E-state index in [1.165, 1.54) is 0 Å². The van der Waals surface area contributed by atoms with E-state index in [1.54, 1.807) is 25.7 Å². The Bertz CT molecular complexity index is 856. The molecule has 37 heavy (non-hydrogen) atoms. The number of ether oxygens (including phenoxy) is 1. The molecule has 0 aliphatic rings. The van der Waals surface area contributed by atoms with E-state index in [-0.39, 0.29) is 17.7 Å². The van der Waals surface area contributed by atoms with Crippen molar-refractivity contribution in [2.45, 2.75) is 119 Å². The minimum absolute atomic E-state index is 0.182. The van der Waals surface area contributed by atoms with Crippen LogP contribution in [-0.4, -0.2) is 47.5 Å². The largest absolute Gasteiger partial charge is 0.444 e. The Labute approximate surface area is 225 Å². The molecule has 1 aromatic carbocycles. The van der Waals surface area contributed by atoms with Crippen LogP contribution in [-0.2, 0) is 14.3 Å². The first-order valence-electron chi connectivity index (χ1n) is 14.0. The molecule has 1 rings (SSSR count). The van der Waals surface area contributed by atoms with Gasteiger partial charge in [0, 0.05) is 13.1 Å². The fraction of sp³-hybridized carbons (Fsp3) is 0.700. The number of hydrogen-bond donors (Lipinski definition) is 2. The first kappa shape index (κ1) is 32.5. The normalized spacial score (nSPS) is 13.1. The molecular formula is C30H51N3O4. The standard InChI is InChI=1S/C30H51N3O4/c1-10-12-14-19-31-27(34)26(24-22(5)17-16-18-23(24)6)33(20-15-13-11-2)28(35)25(21(3)4)32-29(36)37-30(7,8)9/h16-18,21,25-26H,10-15,19-20H2,1-9H3,(H,31,34)(H,32,36). The Morgan fingerprint density at radius 1 is 0.946 bits per heavy atom. The molecule has 3 amide bonds. The van der Waals surface area contributed by atoms with Crippen LogP contribution in [0.1, 0.15) is 110 Å². The van der Waals surface area contributed by atoms with Gasteiger partial charge in [-0.2, -0.15) is 0 Å². The second kappa shape index (κ2) is 15.6. The quantitative estimate of drug-likeness (QED) is 0.287. The topological polar surface area (TPSA) is 87.7 Å². The number of hydrogen-bond acceptors (Lipinski definition) is 4. The second-order valence-corrected chi connectivity index (χ2v) is 11.3. The lowest BCUT2D eigenvalue weighted by Crippen LogP contribution is -2.55. The minimum Gasteiger partial charge on any atom is -0.444 e. The van der Waals surface area contributed by atoms with E-state index in [4.69, 9.17) is 4.74 Å². The number of carbonyl (C=O) groups excluding carboxylic acids is 3. The molecule has 2 N–H and O–H groups in total. The molecule has 0 saturated carbocycles. The van der Waals surface area contributed by atoms with Crippen LogP contribution >= 0.6 is 0 Å². The van der Waals surface area contributed by atoms with Crippen LogP contribution < -0.4 is 10.6 Å². The summed E-state index contributed by atoms with van der Waals surface area (Å²) in [5.41, 5.74) is 2.08. The van der Waals surface area contributed by atoms with E-state index in [1.807, 2.05) is 45.9 Å². The number of alkyl carbamates (subject to hydrolysis) is 1. The van der Waals surface area contributed by atoms with Crippen LogP contribution in [0.3, 0.4) is 0 Å². The Hall–Kier alpha value is -2.57. The summed E-state index contributed by atoms with van der Waals surface area (Å²) in [6.45, 7) is 18.3. The van der Waals surface area contributed by atoms with Gasteiger partial charge in [0.2, 0.25) is 11.8 Å². The summed E-state index contributed by atoms with van der Waals surface area (Å²) in [7, 11) is 0. The van der Waals surface area contributed by atoms with Crippen molar-refractivity contribution in [1.82, 2.24) is 15.5 Å². The average molecular weight is 518 g/mol. The van der Waals surface area contributed by atoms with Crippen molar-refractivity contribution in [1.29, 1.82) is 0 Å². The van der Waals surface area contributed by atoms with E-state index in [9.17, 15) is 14.4 Å². The molecule has 0 fully saturated rings. The molecule has 2 unspecified atom stereocenters. The number of benzene rings is 1. The maximum absolute atomic E-state index is 14.2. The third kappa shape index (κ3) is 10.7. The zero-order chi connectivity index (χ0) is 28.2. The molecule has 210 valence electrons. The van der Waals surface area contributed by atoms with Gasteiger partial charge in [0.1, 0.15) is 17.7 Å². The Morgan fingerprint density at radius 2 is 1.51 bits per heavy atom. The highest BCUT2D eigenvalue weighted by atomic mass is 16.6. The van der Waals surface area contributed by atoms with Crippen LogP contribution in [0.2, 0.25) is 0 Å². The highest BCUT2D eigenvalue weighted by Gasteiger charge is 2.38. The fourth-order valence-corrected chi connectivity index (χ4v) is 4.40. The number of unbranched alkanes of at least 4 members (excludes halogenated alkanes) is 4. The predicted molar refractivity (Wildman–Crippen MR) is 150 cm³/mol. The lowest BCUT2D eigenvalue weighted by Gasteiger charge is -2.36. The summed E-state index contributed by atoms with van der Waals surface area (Å²) in [5, 5.41) is 5.89.